The zero-order valence-corrected chi connectivity index (χ0v) is 8.37. The van der Waals surface area contributed by atoms with Gasteiger partial charge in [-0.1, -0.05) is 13.3 Å². The third-order valence-electron chi connectivity index (χ3n) is 1.87. The largest absolute Gasteiger partial charge is 0.396 e. The van der Waals surface area contributed by atoms with Gasteiger partial charge in [0.25, 0.3) is 0 Å². The molecule has 13 heavy (non-hydrogen) atoms. The van der Waals surface area contributed by atoms with Gasteiger partial charge in [0.15, 0.2) is 0 Å². The maximum Gasteiger partial charge on any atom is 0.396 e. The van der Waals surface area contributed by atoms with Gasteiger partial charge in [0.1, 0.15) is 0 Å². The van der Waals surface area contributed by atoms with Crippen LogP contribution in [0.25, 0.3) is 0 Å². The summed E-state index contributed by atoms with van der Waals surface area (Å²) in [5.41, 5.74) is -1.74. The van der Waals surface area contributed by atoms with Gasteiger partial charge in [-0.25, -0.2) is 0 Å². The zero-order chi connectivity index (χ0) is 10.5. The van der Waals surface area contributed by atoms with Crippen LogP contribution in [-0.4, -0.2) is 19.4 Å². The molecule has 0 atom stereocenters. The number of hydrogen-bond donors (Lipinski definition) is 0. The van der Waals surface area contributed by atoms with Crippen molar-refractivity contribution in [3.8, 4) is 0 Å². The minimum Gasteiger partial charge on any atom is -0.381 e. The van der Waals surface area contributed by atoms with Gasteiger partial charge in [-0.05, 0) is 20.3 Å². The van der Waals surface area contributed by atoms with Gasteiger partial charge in [-0.15, -0.1) is 0 Å². The van der Waals surface area contributed by atoms with Crippen LogP contribution >= 0.6 is 0 Å². The molecule has 0 N–H and O–H groups in total. The molecule has 0 spiro atoms. The summed E-state index contributed by atoms with van der Waals surface area (Å²) < 4.78 is 41.7. The van der Waals surface area contributed by atoms with Gasteiger partial charge in [0.2, 0.25) is 0 Å². The van der Waals surface area contributed by atoms with Crippen molar-refractivity contribution in [2.45, 2.75) is 39.8 Å². The number of rotatable bonds is 5. The smallest absolute Gasteiger partial charge is 0.381 e. The predicted octanol–water partition coefficient (Wildman–Crippen LogP) is 3.39. The SMILES string of the molecule is CCCCOCC(C)(C)C(F)(F)F. The normalized spacial score (nSPS) is 13.4. The molecule has 0 bridgehead atoms. The van der Waals surface area contributed by atoms with Crippen molar-refractivity contribution in [1.29, 1.82) is 0 Å². The number of halogens is 3. The Morgan fingerprint density at radius 2 is 1.69 bits per heavy atom. The van der Waals surface area contributed by atoms with Gasteiger partial charge < -0.3 is 4.74 Å². The van der Waals surface area contributed by atoms with E-state index in [1.807, 2.05) is 6.92 Å². The Bertz CT molecular complexity index is 140. The summed E-state index contributed by atoms with van der Waals surface area (Å²) in [4.78, 5) is 0. The van der Waals surface area contributed by atoms with Gasteiger partial charge in [-0.3, -0.25) is 0 Å². The molecule has 0 saturated heterocycles. The van der Waals surface area contributed by atoms with Gasteiger partial charge in [0.05, 0.1) is 12.0 Å². The van der Waals surface area contributed by atoms with Crippen LogP contribution in [0.5, 0.6) is 0 Å². The summed E-state index contributed by atoms with van der Waals surface area (Å²) in [6, 6.07) is 0. The third kappa shape index (κ3) is 4.50. The molecule has 0 fully saturated rings. The molecule has 0 heterocycles. The molecule has 0 saturated carbocycles. The number of ether oxygens (including phenoxy) is 1. The highest BCUT2D eigenvalue weighted by Gasteiger charge is 2.47. The van der Waals surface area contributed by atoms with Crippen molar-refractivity contribution in [3.05, 3.63) is 0 Å². The van der Waals surface area contributed by atoms with Crippen molar-refractivity contribution < 1.29 is 17.9 Å². The first-order valence-corrected chi connectivity index (χ1v) is 4.45. The highest BCUT2D eigenvalue weighted by Crippen LogP contribution is 2.37. The number of hydrogen-bond acceptors (Lipinski definition) is 1. The Kier molecular flexibility index (Phi) is 4.75. The molecule has 0 aromatic rings. The van der Waals surface area contributed by atoms with Gasteiger partial charge in [-0.2, -0.15) is 13.2 Å². The van der Waals surface area contributed by atoms with Crippen LogP contribution in [0.3, 0.4) is 0 Å². The minimum absolute atomic E-state index is 0.253. The fourth-order valence-electron chi connectivity index (χ4n) is 0.656. The van der Waals surface area contributed by atoms with Crippen LogP contribution in [-0.2, 0) is 4.74 Å². The van der Waals surface area contributed by atoms with E-state index in [0.29, 0.717) is 6.61 Å². The average Bonchev–Trinajstić information content (AvgIpc) is 1.96. The van der Waals surface area contributed by atoms with Crippen molar-refractivity contribution >= 4 is 0 Å². The maximum atomic E-state index is 12.3. The first kappa shape index (κ1) is 12.8. The molecule has 0 radical (unpaired) electrons. The lowest BCUT2D eigenvalue weighted by atomic mass is 9.94. The Morgan fingerprint density at radius 3 is 2.08 bits per heavy atom. The molecule has 0 rings (SSSR count). The summed E-state index contributed by atoms with van der Waals surface area (Å²) in [5.74, 6) is 0. The second-order valence-corrected chi connectivity index (χ2v) is 3.79. The van der Waals surface area contributed by atoms with Crippen LogP contribution in [0.1, 0.15) is 33.6 Å². The number of unbranched alkanes of at least 4 members (excludes halogenated alkanes) is 1. The van der Waals surface area contributed by atoms with Gasteiger partial charge in [0, 0.05) is 6.61 Å². The van der Waals surface area contributed by atoms with Crippen LogP contribution in [0.4, 0.5) is 13.2 Å². The predicted molar refractivity (Wildman–Crippen MR) is 45.6 cm³/mol. The fourth-order valence-corrected chi connectivity index (χ4v) is 0.656. The lowest BCUT2D eigenvalue weighted by Gasteiger charge is -2.27. The summed E-state index contributed by atoms with van der Waals surface area (Å²) in [6.07, 6.45) is -2.43. The lowest BCUT2D eigenvalue weighted by Crippen LogP contribution is -2.36. The first-order valence-electron chi connectivity index (χ1n) is 4.45. The third-order valence-corrected chi connectivity index (χ3v) is 1.87. The van der Waals surface area contributed by atoms with E-state index in [4.69, 9.17) is 4.74 Å². The van der Waals surface area contributed by atoms with Crippen molar-refractivity contribution in [2.24, 2.45) is 5.41 Å². The second-order valence-electron chi connectivity index (χ2n) is 3.79. The Hall–Kier alpha value is -0.250. The molecule has 0 aliphatic heterocycles. The monoisotopic (exact) mass is 198 g/mol. The molecule has 0 unspecified atom stereocenters. The van der Waals surface area contributed by atoms with Crippen molar-refractivity contribution in [1.82, 2.24) is 0 Å². The number of alkyl halides is 3. The molecular weight excluding hydrogens is 181 g/mol. The van der Waals surface area contributed by atoms with E-state index >= 15 is 0 Å². The maximum absolute atomic E-state index is 12.3. The van der Waals surface area contributed by atoms with Gasteiger partial charge >= 0.3 is 6.18 Å². The zero-order valence-electron chi connectivity index (χ0n) is 8.37. The van der Waals surface area contributed by atoms with E-state index in [2.05, 4.69) is 0 Å². The second kappa shape index (κ2) is 4.84. The van der Waals surface area contributed by atoms with Crippen LogP contribution in [0.15, 0.2) is 0 Å². The molecular formula is C9H17F3O. The van der Waals surface area contributed by atoms with Crippen molar-refractivity contribution in [3.63, 3.8) is 0 Å². The van der Waals surface area contributed by atoms with E-state index < -0.39 is 11.6 Å². The van der Waals surface area contributed by atoms with E-state index in [-0.39, 0.29) is 6.61 Å². The Morgan fingerprint density at radius 1 is 1.15 bits per heavy atom. The molecule has 0 aromatic heterocycles. The molecule has 0 aromatic carbocycles. The topological polar surface area (TPSA) is 9.23 Å². The Balaban J connectivity index is 3.77. The summed E-state index contributed by atoms with van der Waals surface area (Å²) in [7, 11) is 0. The highest BCUT2D eigenvalue weighted by atomic mass is 19.4. The molecule has 4 heteroatoms. The van der Waals surface area contributed by atoms with E-state index in [0.717, 1.165) is 26.7 Å². The van der Waals surface area contributed by atoms with Crippen molar-refractivity contribution in [2.75, 3.05) is 13.2 Å². The average molecular weight is 198 g/mol. The molecule has 0 aliphatic rings. The van der Waals surface area contributed by atoms with Crippen LogP contribution in [0, 0.1) is 5.41 Å². The van der Waals surface area contributed by atoms with Crippen LogP contribution in [0.2, 0.25) is 0 Å². The molecule has 80 valence electrons. The summed E-state index contributed by atoms with van der Waals surface area (Å²) in [6.45, 7) is 4.43. The van der Waals surface area contributed by atoms with E-state index in [9.17, 15) is 13.2 Å². The highest BCUT2D eigenvalue weighted by molar-refractivity contribution is 4.76. The Labute approximate surface area is 77.3 Å². The minimum atomic E-state index is -4.18. The van der Waals surface area contributed by atoms with E-state index in [1.54, 1.807) is 0 Å². The van der Waals surface area contributed by atoms with E-state index in [1.165, 1.54) is 0 Å². The summed E-state index contributed by atoms with van der Waals surface area (Å²) >= 11 is 0. The molecule has 0 aliphatic carbocycles. The molecule has 1 nitrogen and oxygen atoms in total. The standard InChI is InChI=1S/C9H17F3O/c1-4-5-6-13-7-8(2,3)9(10,11)12/h4-7H2,1-3H3. The first-order chi connectivity index (χ1) is 5.81. The summed E-state index contributed by atoms with van der Waals surface area (Å²) in [5, 5.41) is 0. The molecule has 0 amide bonds. The lowest BCUT2D eigenvalue weighted by molar-refractivity contribution is -0.227. The fraction of sp³-hybridized carbons (Fsp3) is 1.00. The van der Waals surface area contributed by atoms with Crippen LogP contribution < -0.4 is 0 Å². The quantitative estimate of drug-likeness (QED) is 0.615.